The van der Waals surface area contributed by atoms with Gasteiger partial charge in [0.05, 0.1) is 22.2 Å². The Bertz CT molecular complexity index is 1790. The second-order valence-corrected chi connectivity index (χ2v) is 13.1. The number of nitrogens with one attached hydrogen (secondary N) is 4. The number of hydrogen-bond acceptors (Lipinski definition) is 6. The monoisotopic (exact) mass is 682 g/mol. The molecule has 3 heterocycles. The highest BCUT2D eigenvalue weighted by Crippen LogP contribution is 2.20. The van der Waals surface area contributed by atoms with E-state index in [0.717, 1.165) is 13.0 Å². The smallest absolute Gasteiger partial charge is 0.272 e. The Morgan fingerprint density at radius 2 is 1.34 bits per heavy atom. The first kappa shape index (κ1) is 35.2. The third kappa shape index (κ3) is 8.99. The van der Waals surface area contributed by atoms with Crippen LogP contribution in [-0.2, 0) is 31.9 Å². The molecule has 0 aliphatic heterocycles. The lowest BCUT2D eigenvalue weighted by Gasteiger charge is -2.10. The Kier molecular flexibility index (Phi) is 11.8. The van der Waals surface area contributed by atoms with E-state index in [2.05, 4.69) is 21.3 Å². The van der Waals surface area contributed by atoms with E-state index in [1.807, 2.05) is 19.0 Å². The molecule has 0 saturated heterocycles. The van der Waals surface area contributed by atoms with Crippen LogP contribution < -0.4 is 21.3 Å². The Morgan fingerprint density at radius 1 is 0.766 bits per heavy atom. The minimum Gasteiger partial charge on any atom is -0.351 e. The SMILES string of the molecule is CN(C)CCCNC(=O)c1cc(NC(=O)c2cc(NC(=O)c3ccc(NC(=O)c4ccc(S(=O)CCCl)cc4)n3C)cn2C)cn1C. The molecule has 0 bridgehead atoms. The summed E-state index contributed by atoms with van der Waals surface area (Å²) in [6, 6.07) is 12.8. The van der Waals surface area contributed by atoms with Crippen molar-refractivity contribution in [1.82, 2.24) is 23.9 Å². The van der Waals surface area contributed by atoms with Crippen molar-refractivity contribution in [3.8, 4) is 0 Å². The van der Waals surface area contributed by atoms with Crippen LogP contribution in [0.1, 0.15) is 48.2 Å². The van der Waals surface area contributed by atoms with Crippen LogP contribution in [-0.4, -0.2) is 85.3 Å². The van der Waals surface area contributed by atoms with Crippen LogP contribution in [0, 0.1) is 0 Å². The molecule has 15 heteroatoms. The van der Waals surface area contributed by atoms with E-state index in [1.54, 1.807) is 95.8 Å². The number of hydrogen-bond donors (Lipinski definition) is 4. The molecule has 0 saturated carbocycles. The van der Waals surface area contributed by atoms with Crippen molar-refractivity contribution in [2.45, 2.75) is 11.3 Å². The Labute approximate surface area is 280 Å². The highest BCUT2D eigenvalue weighted by molar-refractivity contribution is 7.85. The van der Waals surface area contributed by atoms with Crippen molar-refractivity contribution in [3.05, 3.63) is 83.6 Å². The van der Waals surface area contributed by atoms with Crippen molar-refractivity contribution in [2.24, 2.45) is 21.1 Å². The highest BCUT2D eigenvalue weighted by atomic mass is 35.5. The summed E-state index contributed by atoms with van der Waals surface area (Å²) in [5, 5.41) is 11.3. The van der Waals surface area contributed by atoms with Crippen LogP contribution in [0.3, 0.4) is 0 Å². The van der Waals surface area contributed by atoms with Gasteiger partial charge in [-0.25, -0.2) is 0 Å². The molecule has 1 atom stereocenters. The van der Waals surface area contributed by atoms with Gasteiger partial charge in [0.1, 0.15) is 22.9 Å². The molecular weight excluding hydrogens is 644 g/mol. The summed E-state index contributed by atoms with van der Waals surface area (Å²) in [7, 11) is 7.77. The topological polar surface area (TPSA) is 152 Å². The summed E-state index contributed by atoms with van der Waals surface area (Å²) in [4.78, 5) is 54.3. The van der Waals surface area contributed by atoms with Crippen LogP contribution in [0.2, 0.25) is 0 Å². The number of rotatable bonds is 14. The van der Waals surface area contributed by atoms with Gasteiger partial charge in [0.25, 0.3) is 23.6 Å². The normalized spacial score (nSPS) is 11.7. The molecule has 0 radical (unpaired) electrons. The minimum absolute atomic E-state index is 0.231. The number of nitrogens with zero attached hydrogens (tertiary/aromatic N) is 4. The van der Waals surface area contributed by atoms with Gasteiger partial charge in [-0.15, -0.1) is 11.6 Å². The highest BCUT2D eigenvalue weighted by Gasteiger charge is 2.19. The van der Waals surface area contributed by atoms with Gasteiger partial charge in [-0.2, -0.15) is 0 Å². The summed E-state index contributed by atoms with van der Waals surface area (Å²) in [6.07, 6.45) is 4.09. The van der Waals surface area contributed by atoms with E-state index < -0.39 is 28.5 Å². The minimum atomic E-state index is -1.23. The lowest BCUT2D eigenvalue weighted by atomic mass is 10.2. The van der Waals surface area contributed by atoms with Crippen molar-refractivity contribution >= 4 is 63.2 Å². The fourth-order valence-electron chi connectivity index (χ4n) is 4.79. The van der Waals surface area contributed by atoms with Gasteiger partial charge < -0.3 is 39.9 Å². The van der Waals surface area contributed by atoms with Gasteiger partial charge in [-0.05, 0) is 75.6 Å². The standard InChI is InChI=1S/C32H39ClN8O5S/c1-38(2)15-6-14-34-30(43)26-17-22(19-39(26)3)36-32(45)27-18-23(20-40(27)4)35-31(44)25-11-12-28(41(25)5)37-29(42)21-7-9-24(10-8-21)47(46)16-13-33/h7-12,17-20H,6,13-16H2,1-5H3,(H,34,43)(H,35,44)(H,36,45)(H,37,42). The molecule has 4 aromatic rings. The Hall–Kier alpha value is -4.66. The predicted molar refractivity (Wildman–Crippen MR) is 184 cm³/mol. The van der Waals surface area contributed by atoms with Crippen LogP contribution in [0.15, 0.2) is 65.8 Å². The number of benzene rings is 1. The molecule has 3 aromatic heterocycles. The maximum Gasteiger partial charge on any atom is 0.272 e. The molecule has 0 fully saturated rings. The fraction of sp³-hybridized carbons (Fsp3) is 0.312. The maximum absolute atomic E-state index is 13.1. The zero-order chi connectivity index (χ0) is 34.2. The van der Waals surface area contributed by atoms with Gasteiger partial charge in [-0.1, -0.05) is 0 Å². The summed E-state index contributed by atoms with van der Waals surface area (Å²) < 4.78 is 16.9. The van der Waals surface area contributed by atoms with E-state index in [-0.39, 0.29) is 23.2 Å². The number of carbonyl (C=O) groups is 4. The van der Waals surface area contributed by atoms with Crippen molar-refractivity contribution in [1.29, 1.82) is 0 Å². The van der Waals surface area contributed by atoms with Crippen LogP contribution in [0.5, 0.6) is 0 Å². The van der Waals surface area contributed by atoms with E-state index >= 15 is 0 Å². The number of alkyl halides is 1. The van der Waals surface area contributed by atoms with Crippen LogP contribution >= 0.6 is 11.6 Å². The largest absolute Gasteiger partial charge is 0.351 e. The second-order valence-electron chi connectivity index (χ2n) is 11.2. The predicted octanol–water partition coefficient (Wildman–Crippen LogP) is 3.49. The maximum atomic E-state index is 13.1. The number of carbonyl (C=O) groups excluding carboxylic acids is 4. The lowest BCUT2D eigenvalue weighted by molar-refractivity contribution is 0.0942. The molecule has 1 unspecified atom stereocenters. The van der Waals surface area contributed by atoms with Crippen molar-refractivity contribution in [2.75, 3.05) is 54.8 Å². The lowest BCUT2D eigenvalue weighted by Crippen LogP contribution is -2.28. The third-order valence-corrected chi connectivity index (χ3v) is 9.08. The quantitative estimate of drug-likeness (QED) is 0.118. The number of amides is 4. The second kappa shape index (κ2) is 15.8. The van der Waals surface area contributed by atoms with Gasteiger partial charge >= 0.3 is 0 Å². The first-order valence-electron chi connectivity index (χ1n) is 14.8. The van der Waals surface area contributed by atoms with Crippen LogP contribution in [0.4, 0.5) is 17.2 Å². The zero-order valence-corrected chi connectivity index (χ0v) is 28.5. The number of halogens is 1. The zero-order valence-electron chi connectivity index (χ0n) is 26.9. The average Bonchev–Trinajstić information content (AvgIpc) is 3.70. The van der Waals surface area contributed by atoms with Gasteiger partial charge in [0.2, 0.25) is 0 Å². The average molecular weight is 683 g/mol. The molecule has 0 spiro atoms. The van der Waals surface area contributed by atoms with Crippen LogP contribution in [0.25, 0.3) is 0 Å². The van der Waals surface area contributed by atoms with E-state index in [4.69, 9.17) is 11.6 Å². The summed E-state index contributed by atoms with van der Waals surface area (Å²) in [5.74, 6) is -0.490. The van der Waals surface area contributed by atoms with E-state index in [9.17, 15) is 23.4 Å². The summed E-state index contributed by atoms with van der Waals surface area (Å²) in [5.41, 5.74) is 2.20. The molecule has 47 heavy (non-hydrogen) atoms. The molecule has 250 valence electrons. The van der Waals surface area contributed by atoms with Crippen molar-refractivity contribution in [3.63, 3.8) is 0 Å². The Balaban J connectivity index is 1.35. The molecule has 4 amide bonds. The molecular formula is C32H39ClN8O5S. The Morgan fingerprint density at radius 3 is 1.91 bits per heavy atom. The fourth-order valence-corrected chi connectivity index (χ4v) is 6.03. The van der Waals surface area contributed by atoms with E-state index in [0.29, 0.717) is 45.6 Å². The molecule has 13 nitrogen and oxygen atoms in total. The molecule has 4 rings (SSSR count). The summed E-state index contributed by atoms with van der Waals surface area (Å²) >= 11 is 5.67. The van der Waals surface area contributed by atoms with E-state index in [1.165, 1.54) is 0 Å². The molecule has 0 aliphatic rings. The van der Waals surface area contributed by atoms with Gasteiger partial charge in [0.15, 0.2) is 0 Å². The van der Waals surface area contributed by atoms with Gasteiger partial charge in [0, 0.05) is 62.2 Å². The van der Waals surface area contributed by atoms with Crippen molar-refractivity contribution < 1.29 is 23.4 Å². The molecule has 4 N–H and O–H groups in total. The number of aryl methyl sites for hydroxylation is 2. The first-order valence-corrected chi connectivity index (χ1v) is 16.6. The number of aromatic nitrogens is 3. The molecule has 0 aliphatic carbocycles. The molecule has 1 aromatic carbocycles. The number of anilines is 3. The first-order chi connectivity index (χ1) is 22.4. The van der Waals surface area contributed by atoms with Gasteiger partial charge in [-0.3, -0.25) is 23.4 Å². The summed E-state index contributed by atoms with van der Waals surface area (Å²) in [6.45, 7) is 1.40. The third-order valence-electron chi connectivity index (χ3n) is 7.30.